The van der Waals surface area contributed by atoms with Crippen molar-refractivity contribution in [2.24, 2.45) is 0 Å². The van der Waals surface area contributed by atoms with Gasteiger partial charge in [0.1, 0.15) is 19.5 Å². The van der Waals surface area contributed by atoms with Crippen LogP contribution in [0.25, 0.3) is 38.9 Å². The van der Waals surface area contributed by atoms with Crippen LogP contribution in [0.4, 0.5) is 0 Å². The molecule has 0 aliphatic rings. The van der Waals surface area contributed by atoms with Gasteiger partial charge in [0.2, 0.25) is 0 Å². The smallest absolute Gasteiger partial charge is 0.146 e. The number of hydrogen-bond donors (Lipinski definition) is 1. The van der Waals surface area contributed by atoms with Gasteiger partial charge in [-0.1, -0.05) is 86.7 Å². The van der Waals surface area contributed by atoms with E-state index in [1.807, 2.05) is 18.3 Å². The first-order chi connectivity index (χ1) is 18.9. The monoisotopic (exact) mass is 527 g/mol. The summed E-state index contributed by atoms with van der Waals surface area (Å²) in [5, 5.41) is 16.1. The number of aromatic hydroxyl groups is 1. The minimum absolute atomic E-state index is 0.328. The fourth-order valence-electron chi connectivity index (χ4n) is 5.58. The first kappa shape index (κ1) is 25.1. The molecule has 0 spiro atoms. The molecule has 0 bridgehead atoms. The lowest BCUT2D eigenvalue weighted by Gasteiger charge is -2.22. The van der Waals surface area contributed by atoms with E-state index in [9.17, 15) is 5.11 Å². The van der Waals surface area contributed by atoms with Crippen LogP contribution in [-0.2, 0) is 12.8 Å². The molecule has 0 atom stereocenters. The van der Waals surface area contributed by atoms with Crippen molar-refractivity contribution in [2.45, 2.75) is 39.8 Å². The maximum atomic E-state index is 11.4. The van der Waals surface area contributed by atoms with Crippen molar-refractivity contribution >= 4 is 40.5 Å². The third-order valence-corrected chi connectivity index (χ3v) is 11.3. The Bertz CT molecular complexity index is 1820. The zero-order valence-corrected chi connectivity index (χ0v) is 23.9. The molecule has 6 rings (SSSR count). The molecule has 0 saturated carbocycles. The lowest BCUT2D eigenvalue weighted by molar-refractivity contribution is 0.466. The second-order valence-electron chi connectivity index (χ2n) is 10.7. The summed E-state index contributed by atoms with van der Waals surface area (Å²) in [6, 6.07) is 31.8. The summed E-state index contributed by atoms with van der Waals surface area (Å²) in [5.74, 6) is 0.328. The molecular formula is C34H33N3OSi. The number of aromatic nitrogens is 3. The molecular weight excluding hydrogens is 494 g/mol. The van der Waals surface area contributed by atoms with Gasteiger partial charge in [-0.05, 0) is 60.4 Å². The van der Waals surface area contributed by atoms with Gasteiger partial charge in [0, 0.05) is 27.8 Å². The number of benzene rings is 3. The lowest BCUT2D eigenvalue weighted by atomic mass is 10.0. The van der Waals surface area contributed by atoms with Gasteiger partial charge < -0.3 is 5.11 Å². The maximum absolute atomic E-state index is 11.4. The van der Waals surface area contributed by atoms with E-state index in [0.717, 1.165) is 57.3 Å². The highest BCUT2D eigenvalue weighted by Crippen LogP contribution is 2.37. The Morgan fingerprint density at radius 1 is 0.795 bits per heavy atom. The molecule has 1 N–H and O–H groups in total. The van der Waals surface area contributed by atoms with Gasteiger partial charge in [-0.2, -0.15) is 0 Å². The minimum atomic E-state index is -1.97. The van der Waals surface area contributed by atoms with Gasteiger partial charge in [-0.3, -0.25) is 9.55 Å². The van der Waals surface area contributed by atoms with Crippen molar-refractivity contribution in [2.75, 3.05) is 0 Å². The number of rotatable bonds is 6. The van der Waals surface area contributed by atoms with Crippen molar-refractivity contribution in [1.29, 1.82) is 0 Å². The van der Waals surface area contributed by atoms with Gasteiger partial charge in [0.05, 0.1) is 16.9 Å². The molecule has 0 aliphatic heterocycles. The predicted octanol–water partition coefficient (Wildman–Crippen LogP) is 6.89. The molecule has 0 unspecified atom stereocenters. The van der Waals surface area contributed by atoms with E-state index in [4.69, 9.17) is 9.97 Å². The quantitative estimate of drug-likeness (QED) is 0.240. The van der Waals surface area contributed by atoms with Crippen LogP contribution >= 0.6 is 0 Å². The molecule has 3 aromatic carbocycles. The molecule has 4 nitrogen and oxygen atoms in total. The Kier molecular flexibility index (Phi) is 6.32. The molecule has 3 aromatic heterocycles. The molecule has 194 valence electrons. The van der Waals surface area contributed by atoms with Gasteiger partial charge in [0.15, 0.2) is 0 Å². The fourth-order valence-corrected chi connectivity index (χ4v) is 7.81. The minimum Gasteiger partial charge on any atom is -0.505 e. The van der Waals surface area contributed by atoms with E-state index in [2.05, 4.69) is 110 Å². The first-order valence-corrected chi connectivity index (χ1v) is 16.7. The Morgan fingerprint density at radius 3 is 2.38 bits per heavy atom. The Balaban J connectivity index is 1.57. The third kappa shape index (κ3) is 4.23. The molecule has 39 heavy (non-hydrogen) atoms. The first-order valence-electron chi connectivity index (χ1n) is 13.7. The van der Waals surface area contributed by atoms with Crippen molar-refractivity contribution in [3.05, 3.63) is 108 Å². The number of aryl methyl sites for hydroxylation is 2. The topological polar surface area (TPSA) is 50.9 Å². The summed E-state index contributed by atoms with van der Waals surface area (Å²) in [5.41, 5.74) is 6.85. The van der Waals surface area contributed by atoms with Crippen LogP contribution in [0.2, 0.25) is 13.1 Å². The second kappa shape index (κ2) is 9.82. The van der Waals surface area contributed by atoms with E-state index in [0.29, 0.717) is 5.75 Å². The molecule has 0 saturated heterocycles. The summed E-state index contributed by atoms with van der Waals surface area (Å²) in [4.78, 5) is 9.95. The van der Waals surface area contributed by atoms with Crippen LogP contribution in [0.3, 0.4) is 0 Å². The largest absolute Gasteiger partial charge is 0.505 e. The Hall–Kier alpha value is -4.22. The number of fused-ring (bicyclic) bond motifs is 3. The van der Waals surface area contributed by atoms with Crippen LogP contribution in [-0.4, -0.2) is 27.7 Å². The highest BCUT2D eigenvalue weighted by molar-refractivity contribution is 6.99. The number of nitrogens with zero attached hydrogens (tertiary/aromatic N) is 3. The molecule has 0 fully saturated rings. The van der Waals surface area contributed by atoms with Crippen LogP contribution in [0.1, 0.15) is 25.0 Å². The van der Waals surface area contributed by atoms with Crippen LogP contribution in [0.15, 0.2) is 97.2 Å². The van der Waals surface area contributed by atoms with Crippen molar-refractivity contribution < 1.29 is 5.11 Å². The van der Waals surface area contributed by atoms with E-state index in [1.165, 1.54) is 16.1 Å². The summed E-state index contributed by atoms with van der Waals surface area (Å²) in [6.45, 7) is 8.93. The SMILES string of the molecule is CCc1cc(CC)c(O)c(-n2c3ccccc3c3ccc(-c4cccc([Si](C)(C)c5ccccn5)c4)nc32)c1. The van der Waals surface area contributed by atoms with Crippen LogP contribution < -0.4 is 10.5 Å². The standard InChI is InChI=1S/C34H33N3OSi/c1-5-23-20-24(6-2)33(38)31(21-23)37-30-15-8-7-14-27(30)28-17-18-29(36-34(28)37)25-12-11-13-26(22-25)39(3,4)32-16-9-10-19-35-32/h7-22,38H,5-6H2,1-4H3. The fraction of sp³-hybridized carbons (Fsp3) is 0.176. The zero-order chi connectivity index (χ0) is 27.1. The zero-order valence-electron chi connectivity index (χ0n) is 22.9. The van der Waals surface area contributed by atoms with Crippen molar-refractivity contribution in [1.82, 2.24) is 14.5 Å². The highest BCUT2D eigenvalue weighted by Gasteiger charge is 2.28. The number of para-hydroxylation sites is 1. The number of phenols is 1. The summed E-state index contributed by atoms with van der Waals surface area (Å²) in [6.07, 6.45) is 3.55. The molecule has 3 heterocycles. The second-order valence-corrected chi connectivity index (χ2v) is 15.0. The molecule has 0 radical (unpaired) electrons. The Labute approximate surface area is 230 Å². The third-order valence-electron chi connectivity index (χ3n) is 7.97. The van der Waals surface area contributed by atoms with Gasteiger partial charge in [-0.25, -0.2) is 4.98 Å². The van der Waals surface area contributed by atoms with E-state index in [-0.39, 0.29) is 0 Å². The average molecular weight is 528 g/mol. The Morgan fingerprint density at radius 2 is 1.62 bits per heavy atom. The molecule has 6 aromatic rings. The van der Waals surface area contributed by atoms with Gasteiger partial charge >= 0.3 is 0 Å². The van der Waals surface area contributed by atoms with Crippen molar-refractivity contribution in [3.8, 4) is 22.7 Å². The molecule has 0 aliphatic carbocycles. The van der Waals surface area contributed by atoms with E-state index in [1.54, 1.807) is 0 Å². The van der Waals surface area contributed by atoms with Gasteiger partial charge in [-0.15, -0.1) is 0 Å². The molecule has 5 heteroatoms. The molecule has 0 amide bonds. The average Bonchev–Trinajstić information content (AvgIpc) is 3.31. The van der Waals surface area contributed by atoms with E-state index < -0.39 is 8.07 Å². The van der Waals surface area contributed by atoms with Gasteiger partial charge in [0.25, 0.3) is 0 Å². The van der Waals surface area contributed by atoms with Crippen LogP contribution in [0, 0.1) is 0 Å². The maximum Gasteiger partial charge on any atom is 0.146 e. The number of phenolic OH excluding ortho intramolecular Hbond substituents is 1. The summed E-state index contributed by atoms with van der Waals surface area (Å²) < 4.78 is 2.14. The number of pyridine rings is 2. The number of hydrogen-bond acceptors (Lipinski definition) is 3. The normalized spacial score (nSPS) is 11.9. The lowest BCUT2D eigenvalue weighted by Crippen LogP contribution is -2.54. The highest BCUT2D eigenvalue weighted by atomic mass is 28.3. The van der Waals surface area contributed by atoms with Crippen LogP contribution in [0.5, 0.6) is 5.75 Å². The summed E-state index contributed by atoms with van der Waals surface area (Å²) in [7, 11) is -1.97. The van der Waals surface area contributed by atoms with E-state index >= 15 is 0 Å². The predicted molar refractivity (Wildman–Crippen MR) is 165 cm³/mol. The van der Waals surface area contributed by atoms with Crippen molar-refractivity contribution in [3.63, 3.8) is 0 Å². The summed E-state index contributed by atoms with van der Waals surface area (Å²) >= 11 is 0.